The second-order valence-corrected chi connectivity index (χ2v) is 12.4. The van der Waals surface area contributed by atoms with Crippen molar-refractivity contribution in [3.8, 4) is 22.9 Å². The molecule has 0 saturated heterocycles. The second-order valence-electron chi connectivity index (χ2n) is 11.4. The van der Waals surface area contributed by atoms with Gasteiger partial charge in [-0.1, -0.05) is 65.7 Å². The number of hydrogen-bond acceptors (Lipinski definition) is 3. The minimum absolute atomic E-state index is 0.703. The van der Waals surface area contributed by atoms with Gasteiger partial charge in [0.1, 0.15) is 17.2 Å². The van der Waals surface area contributed by atoms with E-state index in [1.165, 1.54) is 37.6 Å². The van der Waals surface area contributed by atoms with Gasteiger partial charge in [0.2, 0.25) is 0 Å². The zero-order chi connectivity index (χ0) is 28.8. The van der Waals surface area contributed by atoms with Crippen LogP contribution in [0.5, 0.6) is 0 Å². The Hall–Kier alpha value is -5.37. The summed E-state index contributed by atoms with van der Waals surface area (Å²) >= 11 is 1.72. The standard InChI is InChI=1S/C39H24N2OS/c1-22-10-15-32-29(18-22)30-19-23(2)11-16-33(30)41(32)34-8-5-7-28-37-26(14-12-25(21-40)38(37)43-39(28)34)24-13-17-36-31(20-24)27-6-3-4-9-35(27)42-36/h3-20H,1-2H3. The predicted molar refractivity (Wildman–Crippen MR) is 181 cm³/mol. The average molecular weight is 569 g/mol. The van der Waals surface area contributed by atoms with E-state index < -0.39 is 0 Å². The number of rotatable bonds is 2. The van der Waals surface area contributed by atoms with Crippen molar-refractivity contribution in [3.05, 3.63) is 126 Å². The molecule has 6 aromatic carbocycles. The van der Waals surface area contributed by atoms with E-state index in [9.17, 15) is 5.26 Å². The molecular weight excluding hydrogens is 545 g/mol. The maximum Gasteiger partial charge on any atom is 0.135 e. The fourth-order valence-corrected chi connectivity index (χ4v) is 8.09. The topological polar surface area (TPSA) is 41.9 Å². The maximum atomic E-state index is 10.2. The van der Waals surface area contributed by atoms with Gasteiger partial charge in [0.25, 0.3) is 0 Å². The van der Waals surface area contributed by atoms with Gasteiger partial charge >= 0.3 is 0 Å². The number of hydrogen-bond donors (Lipinski definition) is 0. The molecule has 9 aromatic rings. The lowest BCUT2D eigenvalue weighted by Gasteiger charge is -2.10. The summed E-state index contributed by atoms with van der Waals surface area (Å²) in [6.45, 7) is 4.31. The van der Waals surface area contributed by atoms with Gasteiger partial charge in [-0.15, -0.1) is 11.3 Å². The van der Waals surface area contributed by atoms with Crippen molar-refractivity contribution < 1.29 is 4.42 Å². The molecule has 0 amide bonds. The Kier molecular flexibility index (Phi) is 4.97. The molecule has 0 N–H and O–H groups in total. The second kappa shape index (κ2) is 8.82. The van der Waals surface area contributed by atoms with Crippen LogP contribution in [-0.4, -0.2) is 4.57 Å². The van der Waals surface area contributed by atoms with E-state index in [2.05, 4.69) is 115 Å². The van der Waals surface area contributed by atoms with Crippen molar-refractivity contribution in [2.75, 3.05) is 0 Å². The van der Waals surface area contributed by atoms with Crippen LogP contribution in [0.4, 0.5) is 0 Å². The molecule has 202 valence electrons. The highest BCUT2D eigenvalue weighted by atomic mass is 32.1. The number of aryl methyl sites for hydroxylation is 2. The number of thiophene rings is 1. The molecule has 0 bridgehead atoms. The lowest BCUT2D eigenvalue weighted by atomic mass is 9.96. The van der Waals surface area contributed by atoms with E-state index in [0.717, 1.165) is 54.2 Å². The first-order chi connectivity index (χ1) is 21.1. The van der Waals surface area contributed by atoms with Gasteiger partial charge in [-0.3, -0.25) is 0 Å². The Morgan fingerprint density at radius 1 is 0.628 bits per heavy atom. The van der Waals surface area contributed by atoms with Crippen LogP contribution in [0, 0.1) is 25.2 Å². The Morgan fingerprint density at radius 2 is 1.35 bits per heavy atom. The maximum absolute atomic E-state index is 10.2. The Labute approximate surface area is 251 Å². The highest BCUT2D eigenvalue weighted by molar-refractivity contribution is 7.26. The Balaban J connectivity index is 1.37. The Morgan fingerprint density at radius 3 is 2.12 bits per heavy atom. The molecule has 3 heterocycles. The van der Waals surface area contributed by atoms with Crippen LogP contribution in [0.2, 0.25) is 0 Å². The van der Waals surface area contributed by atoms with Crippen LogP contribution >= 0.6 is 11.3 Å². The van der Waals surface area contributed by atoms with Crippen LogP contribution in [0.3, 0.4) is 0 Å². The molecule has 0 unspecified atom stereocenters. The number of aromatic nitrogens is 1. The summed E-state index contributed by atoms with van der Waals surface area (Å²) < 4.78 is 10.7. The summed E-state index contributed by atoms with van der Waals surface area (Å²) in [7, 11) is 0. The van der Waals surface area contributed by atoms with Gasteiger partial charge in [-0.25, -0.2) is 0 Å². The third kappa shape index (κ3) is 3.40. The van der Waals surface area contributed by atoms with Crippen molar-refractivity contribution in [1.82, 2.24) is 4.57 Å². The van der Waals surface area contributed by atoms with Gasteiger partial charge in [0.05, 0.1) is 31.7 Å². The van der Waals surface area contributed by atoms with Crippen molar-refractivity contribution in [2.45, 2.75) is 13.8 Å². The zero-order valence-electron chi connectivity index (χ0n) is 23.6. The first-order valence-corrected chi connectivity index (χ1v) is 15.2. The zero-order valence-corrected chi connectivity index (χ0v) is 24.4. The van der Waals surface area contributed by atoms with E-state index in [-0.39, 0.29) is 0 Å². The molecule has 0 aliphatic carbocycles. The van der Waals surface area contributed by atoms with Crippen LogP contribution < -0.4 is 0 Å². The lowest BCUT2D eigenvalue weighted by molar-refractivity contribution is 0.669. The molecule has 4 heteroatoms. The van der Waals surface area contributed by atoms with Gasteiger partial charge in [-0.2, -0.15) is 5.26 Å². The predicted octanol–water partition coefficient (Wildman–Crippen LogP) is 11.2. The summed E-state index contributed by atoms with van der Waals surface area (Å²) in [6.07, 6.45) is 0. The van der Waals surface area contributed by atoms with E-state index >= 15 is 0 Å². The van der Waals surface area contributed by atoms with E-state index in [4.69, 9.17) is 4.42 Å². The van der Waals surface area contributed by atoms with Crippen LogP contribution in [0.1, 0.15) is 16.7 Å². The van der Waals surface area contributed by atoms with Gasteiger partial charge < -0.3 is 8.98 Å². The molecular formula is C39H24N2OS. The number of para-hydroxylation sites is 1. The highest BCUT2D eigenvalue weighted by Crippen LogP contribution is 2.46. The molecule has 0 aliphatic rings. The number of furan rings is 1. The number of nitriles is 1. The summed E-state index contributed by atoms with van der Waals surface area (Å²) in [5.74, 6) is 0. The Bertz CT molecular complexity index is 2600. The van der Waals surface area contributed by atoms with Gasteiger partial charge in [-0.05, 0) is 79.6 Å². The van der Waals surface area contributed by atoms with Crippen molar-refractivity contribution >= 4 is 75.3 Å². The minimum Gasteiger partial charge on any atom is -0.456 e. The number of benzene rings is 6. The first kappa shape index (κ1) is 24.2. The minimum atomic E-state index is 0.703. The van der Waals surface area contributed by atoms with Crippen LogP contribution in [-0.2, 0) is 0 Å². The quantitative estimate of drug-likeness (QED) is 0.208. The van der Waals surface area contributed by atoms with Crippen molar-refractivity contribution in [1.29, 1.82) is 5.26 Å². The lowest BCUT2D eigenvalue weighted by Crippen LogP contribution is -1.94. The van der Waals surface area contributed by atoms with Gasteiger partial charge in [0.15, 0.2) is 0 Å². The van der Waals surface area contributed by atoms with Crippen molar-refractivity contribution in [3.63, 3.8) is 0 Å². The molecule has 9 rings (SSSR count). The third-order valence-corrected chi connectivity index (χ3v) is 10.0. The molecule has 0 spiro atoms. The number of fused-ring (bicyclic) bond motifs is 9. The summed E-state index contributed by atoms with van der Waals surface area (Å²) in [5.41, 5.74) is 10.7. The van der Waals surface area contributed by atoms with Crippen LogP contribution in [0.15, 0.2) is 114 Å². The fourth-order valence-electron chi connectivity index (χ4n) is 6.80. The van der Waals surface area contributed by atoms with Gasteiger partial charge in [0, 0.05) is 32.3 Å². The average Bonchev–Trinajstić information content (AvgIpc) is 3.70. The monoisotopic (exact) mass is 568 g/mol. The molecule has 0 fully saturated rings. The number of nitrogens with zero attached hydrogens (tertiary/aromatic N) is 2. The summed E-state index contributed by atoms with van der Waals surface area (Å²) in [5, 5.41) is 17.2. The molecule has 0 atom stereocenters. The first-order valence-electron chi connectivity index (χ1n) is 14.4. The molecule has 0 radical (unpaired) electrons. The molecule has 0 saturated carbocycles. The van der Waals surface area contributed by atoms with E-state index in [1.807, 2.05) is 18.2 Å². The smallest absolute Gasteiger partial charge is 0.135 e. The summed E-state index contributed by atoms with van der Waals surface area (Å²) in [4.78, 5) is 0. The molecule has 3 aromatic heterocycles. The third-order valence-electron chi connectivity index (χ3n) is 8.75. The molecule has 43 heavy (non-hydrogen) atoms. The SMILES string of the molecule is Cc1ccc2c(c1)c1cc(C)ccc1n2-c1cccc2c1sc1c(C#N)ccc(-c3ccc4oc5ccccc5c4c3)c12. The normalized spacial score (nSPS) is 11.9. The van der Waals surface area contributed by atoms with E-state index in [0.29, 0.717) is 5.56 Å². The fraction of sp³-hybridized carbons (Fsp3) is 0.0513. The largest absolute Gasteiger partial charge is 0.456 e. The summed E-state index contributed by atoms with van der Waals surface area (Å²) in [6, 6.07) is 41.2. The van der Waals surface area contributed by atoms with Crippen LogP contribution in [0.25, 0.3) is 80.7 Å². The van der Waals surface area contributed by atoms with Crippen molar-refractivity contribution in [2.24, 2.45) is 0 Å². The molecule has 3 nitrogen and oxygen atoms in total. The molecule has 0 aliphatic heterocycles. The van der Waals surface area contributed by atoms with E-state index in [1.54, 1.807) is 11.3 Å². The highest BCUT2D eigenvalue weighted by Gasteiger charge is 2.20.